The number of hydrogen-bond acceptors (Lipinski definition) is 3. The van der Waals surface area contributed by atoms with Gasteiger partial charge in [0.15, 0.2) is 0 Å². The van der Waals surface area contributed by atoms with Crippen molar-refractivity contribution in [3.63, 3.8) is 0 Å². The van der Waals surface area contributed by atoms with Gasteiger partial charge in [0.05, 0.1) is 26.2 Å². The highest BCUT2D eigenvalue weighted by Gasteiger charge is 2.23. The van der Waals surface area contributed by atoms with Crippen LogP contribution in [0, 0.1) is 27.7 Å². The van der Waals surface area contributed by atoms with E-state index in [4.69, 9.17) is 4.42 Å². The molecular formula is C24H29N2O2+. The molecule has 0 unspecified atom stereocenters. The third kappa shape index (κ3) is 3.45. The molecule has 1 aromatic heterocycles. The number of anilines is 1. The molecule has 0 radical (unpaired) electrons. The van der Waals surface area contributed by atoms with Crippen LogP contribution in [0.4, 0.5) is 5.69 Å². The Morgan fingerprint density at radius 2 is 1.68 bits per heavy atom. The average Bonchev–Trinajstić information content (AvgIpc) is 2.68. The molecule has 146 valence electrons. The summed E-state index contributed by atoms with van der Waals surface area (Å²) in [7, 11) is 0. The van der Waals surface area contributed by atoms with Gasteiger partial charge in [0.1, 0.15) is 12.1 Å². The Morgan fingerprint density at radius 3 is 2.43 bits per heavy atom. The lowest BCUT2D eigenvalue weighted by Gasteiger charge is -2.34. The van der Waals surface area contributed by atoms with E-state index in [0.717, 1.165) is 60.4 Å². The van der Waals surface area contributed by atoms with E-state index in [1.807, 2.05) is 6.92 Å². The van der Waals surface area contributed by atoms with Gasteiger partial charge in [-0.2, -0.15) is 0 Å². The molecule has 1 saturated heterocycles. The maximum Gasteiger partial charge on any atom is 0.336 e. The van der Waals surface area contributed by atoms with Gasteiger partial charge in [-0.1, -0.05) is 24.3 Å². The quantitative estimate of drug-likeness (QED) is 0.713. The van der Waals surface area contributed by atoms with E-state index in [0.29, 0.717) is 0 Å². The van der Waals surface area contributed by atoms with Crippen LogP contribution in [0.1, 0.15) is 27.8 Å². The second-order valence-electron chi connectivity index (χ2n) is 8.11. The third-order valence-electron chi connectivity index (χ3n) is 6.35. The molecular weight excluding hydrogens is 348 g/mol. The third-order valence-corrected chi connectivity index (χ3v) is 6.35. The first-order valence-electron chi connectivity index (χ1n) is 10.1. The van der Waals surface area contributed by atoms with Crippen LogP contribution in [-0.4, -0.2) is 26.2 Å². The van der Waals surface area contributed by atoms with Gasteiger partial charge in [-0.25, -0.2) is 4.79 Å². The van der Waals surface area contributed by atoms with Gasteiger partial charge in [-0.3, -0.25) is 0 Å². The number of nitrogens with one attached hydrogen (secondary N) is 1. The minimum Gasteiger partial charge on any atom is -0.422 e. The van der Waals surface area contributed by atoms with Crippen LogP contribution in [0.2, 0.25) is 0 Å². The molecule has 4 rings (SSSR count). The average molecular weight is 378 g/mol. The highest BCUT2D eigenvalue weighted by atomic mass is 16.4. The zero-order chi connectivity index (χ0) is 19.8. The second-order valence-corrected chi connectivity index (χ2v) is 8.11. The number of benzene rings is 2. The first kappa shape index (κ1) is 18.8. The summed E-state index contributed by atoms with van der Waals surface area (Å²) in [5.41, 5.74) is 7.90. The summed E-state index contributed by atoms with van der Waals surface area (Å²) in [4.78, 5) is 16.1. The highest BCUT2D eigenvalue weighted by Crippen LogP contribution is 2.24. The van der Waals surface area contributed by atoms with Crippen molar-refractivity contribution < 1.29 is 9.32 Å². The van der Waals surface area contributed by atoms with Gasteiger partial charge in [-0.15, -0.1) is 0 Å². The standard InChI is InChI=1S/C24H28N2O2/c1-16-6-5-7-22(18(16)3)26-12-10-25(11-13-26)15-20-14-23(27)28-24-19(4)17(2)8-9-21(20)24/h5-9,14H,10-13,15H2,1-4H3/p+1. The molecule has 1 aliphatic rings. The summed E-state index contributed by atoms with van der Waals surface area (Å²) in [6, 6.07) is 12.5. The molecule has 4 nitrogen and oxygen atoms in total. The Labute approximate surface area is 166 Å². The van der Waals surface area contributed by atoms with E-state index in [2.05, 4.69) is 56.0 Å². The van der Waals surface area contributed by atoms with E-state index in [-0.39, 0.29) is 5.63 Å². The van der Waals surface area contributed by atoms with Crippen molar-refractivity contribution in [1.82, 2.24) is 0 Å². The molecule has 0 amide bonds. The van der Waals surface area contributed by atoms with Crippen molar-refractivity contribution in [2.45, 2.75) is 34.2 Å². The first-order chi connectivity index (χ1) is 13.4. The predicted molar refractivity (Wildman–Crippen MR) is 114 cm³/mol. The van der Waals surface area contributed by atoms with Gasteiger partial charge in [-0.05, 0) is 56.0 Å². The van der Waals surface area contributed by atoms with Crippen molar-refractivity contribution in [1.29, 1.82) is 0 Å². The lowest BCUT2D eigenvalue weighted by atomic mass is 10.0. The molecule has 1 fully saturated rings. The Morgan fingerprint density at radius 1 is 0.964 bits per heavy atom. The van der Waals surface area contributed by atoms with Crippen LogP contribution in [0.5, 0.6) is 0 Å². The predicted octanol–water partition coefficient (Wildman–Crippen LogP) is 2.93. The number of piperazine rings is 1. The fraction of sp³-hybridized carbons (Fsp3) is 0.375. The minimum atomic E-state index is -0.246. The van der Waals surface area contributed by atoms with Gasteiger partial charge >= 0.3 is 5.63 Å². The lowest BCUT2D eigenvalue weighted by molar-refractivity contribution is -0.914. The number of quaternary nitrogens is 1. The zero-order valence-electron chi connectivity index (χ0n) is 17.3. The van der Waals surface area contributed by atoms with Crippen LogP contribution in [0.15, 0.2) is 45.6 Å². The molecule has 4 heteroatoms. The van der Waals surface area contributed by atoms with Crippen LogP contribution < -0.4 is 15.4 Å². The van der Waals surface area contributed by atoms with Crippen LogP contribution in [0.3, 0.4) is 0 Å². The van der Waals surface area contributed by atoms with E-state index in [1.54, 1.807) is 6.07 Å². The number of nitrogens with zero attached hydrogens (tertiary/aromatic N) is 1. The molecule has 0 bridgehead atoms. The molecule has 28 heavy (non-hydrogen) atoms. The van der Waals surface area contributed by atoms with Crippen LogP contribution in [-0.2, 0) is 6.54 Å². The molecule has 0 atom stereocenters. The van der Waals surface area contributed by atoms with E-state index < -0.39 is 0 Å². The van der Waals surface area contributed by atoms with Crippen molar-refractivity contribution in [2.24, 2.45) is 0 Å². The number of fused-ring (bicyclic) bond motifs is 1. The highest BCUT2D eigenvalue weighted by molar-refractivity contribution is 5.83. The molecule has 0 aliphatic carbocycles. The number of aryl methyl sites for hydroxylation is 3. The molecule has 2 aromatic carbocycles. The minimum absolute atomic E-state index is 0.246. The smallest absolute Gasteiger partial charge is 0.336 e. The van der Waals surface area contributed by atoms with Crippen molar-refractivity contribution >= 4 is 16.7 Å². The van der Waals surface area contributed by atoms with Gasteiger partial charge in [0, 0.05) is 22.7 Å². The van der Waals surface area contributed by atoms with Crippen LogP contribution >= 0.6 is 0 Å². The van der Waals surface area contributed by atoms with Gasteiger partial charge in [0.25, 0.3) is 0 Å². The van der Waals surface area contributed by atoms with Gasteiger partial charge in [0.2, 0.25) is 0 Å². The monoisotopic (exact) mass is 377 g/mol. The molecule has 1 N–H and O–H groups in total. The van der Waals surface area contributed by atoms with Gasteiger partial charge < -0.3 is 14.2 Å². The Bertz CT molecular complexity index is 1080. The van der Waals surface area contributed by atoms with Crippen LogP contribution in [0.25, 0.3) is 11.0 Å². The maximum atomic E-state index is 12.1. The Kier molecular flexibility index (Phi) is 4.98. The summed E-state index contributed by atoms with van der Waals surface area (Å²) < 4.78 is 5.53. The topological polar surface area (TPSA) is 37.9 Å². The first-order valence-corrected chi connectivity index (χ1v) is 10.1. The fourth-order valence-electron chi connectivity index (χ4n) is 4.26. The number of hydrogen-bond donors (Lipinski definition) is 1. The summed E-state index contributed by atoms with van der Waals surface area (Å²) in [6.45, 7) is 13.6. The fourth-order valence-corrected chi connectivity index (χ4v) is 4.26. The SMILES string of the molecule is Cc1cccc(N2CC[NH+](Cc3cc(=O)oc4c(C)c(C)ccc34)CC2)c1C. The number of rotatable bonds is 3. The van der Waals surface area contributed by atoms with Crippen molar-refractivity contribution in [2.75, 3.05) is 31.1 Å². The molecule has 0 spiro atoms. The van der Waals surface area contributed by atoms with Crippen molar-refractivity contribution in [3.8, 4) is 0 Å². The maximum absolute atomic E-state index is 12.1. The molecule has 2 heterocycles. The Balaban J connectivity index is 1.53. The van der Waals surface area contributed by atoms with Crippen molar-refractivity contribution in [3.05, 3.63) is 74.6 Å². The normalized spacial score (nSPS) is 15.4. The largest absolute Gasteiger partial charge is 0.422 e. The zero-order valence-corrected chi connectivity index (χ0v) is 17.3. The summed E-state index contributed by atoms with van der Waals surface area (Å²) in [5, 5.41) is 1.08. The summed E-state index contributed by atoms with van der Waals surface area (Å²) in [6.07, 6.45) is 0. The van der Waals surface area contributed by atoms with E-state index in [9.17, 15) is 4.79 Å². The van der Waals surface area contributed by atoms with E-state index in [1.165, 1.54) is 21.7 Å². The van der Waals surface area contributed by atoms with E-state index >= 15 is 0 Å². The lowest BCUT2D eigenvalue weighted by Crippen LogP contribution is -3.13. The molecule has 3 aromatic rings. The molecule has 0 saturated carbocycles. The Hall–Kier alpha value is -2.59. The summed E-state index contributed by atoms with van der Waals surface area (Å²) >= 11 is 0. The second kappa shape index (κ2) is 7.44. The molecule has 1 aliphatic heterocycles. The summed E-state index contributed by atoms with van der Waals surface area (Å²) in [5.74, 6) is 0.